The van der Waals surface area contributed by atoms with Crippen LogP contribution in [0.5, 0.6) is 0 Å². The zero-order valence-corrected chi connectivity index (χ0v) is 10.7. The molecule has 0 radical (unpaired) electrons. The summed E-state index contributed by atoms with van der Waals surface area (Å²) in [6.07, 6.45) is 0.500. The molecule has 0 spiro atoms. The van der Waals surface area contributed by atoms with Gasteiger partial charge in [0.05, 0.1) is 11.7 Å². The Hall–Kier alpha value is -1.31. The normalized spacial score (nSPS) is 13.6. The predicted molar refractivity (Wildman–Crippen MR) is 60.9 cm³/mol. The van der Waals surface area contributed by atoms with Crippen molar-refractivity contribution < 1.29 is 24.3 Å². The van der Waals surface area contributed by atoms with Crippen LogP contribution in [0.1, 0.15) is 26.7 Å². The fourth-order valence-electron chi connectivity index (χ4n) is 0.947. The third-order valence-corrected chi connectivity index (χ3v) is 2.88. The van der Waals surface area contributed by atoms with E-state index in [1.54, 1.807) is 13.2 Å². The molecule has 0 N–H and O–H groups in total. The molecule has 0 aliphatic rings. The molecule has 0 aliphatic carbocycles. The fourth-order valence-corrected chi connectivity index (χ4v) is 1.33. The maximum absolute atomic E-state index is 11.4. The minimum atomic E-state index is -1.26. The number of esters is 1. The molecule has 0 aromatic rings. The van der Waals surface area contributed by atoms with Crippen LogP contribution in [0.25, 0.3) is 0 Å². The molecule has 2 atom stereocenters. The SMILES string of the molecule is CSC(C)C(=O)CCC(=O)OC(C)O[N+](=O)[O-]. The largest absolute Gasteiger partial charge is 0.435 e. The van der Waals surface area contributed by atoms with E-state index in [-0.39, 0.29) is 23.9 Å². The lowest BCUT2D eigenvalue weighted by atomic mass is 10.2. The van der Waals surface area contributed by atoms with Crippen LogP contribution in [0.4, 0.5) is 0 Å². The summed E-state index contributed by atoms with van der Waals surface area (Å²) in [4.78, 5) is 36.4. The predicted octanol–water partition coefficient (Wildman–Crippen LogP) is 1.18. The average molecular weight is 265 g/mol. The summed E-state index contributed by atoms with van der Waals surface area (Å²) in [6.45, 7) is 2.98. The summed E-state index contributed by atoms with van der Waals surface area (Å²) in [5, 5.41) is 8.71. The summed E-state index contributed by atoms with van der Waals surface area (Å²) in [5.74, 6) is -0.752. The van der Waals surface area contributed by atoms with Gasteiger partial charge in [-0.05, 0) is 20.1 Å². The quantitative estimate of drug-likeness (QED) is 0.281. The van der Waals surface area contributed by atoms with E-state index in [2.05, 4.69) is 9.57 Å². The van der Waals surface area contributed by atoms with Gasteiger partial charge in [-0.1, -0.05) is 0 Å². The van der Waals surface area contributed by atoms with Crippen LogP contribution in [0.2, 0.25) is 0 Å². The molecule has 0 saturated carbocycles. The van der Waals surface area contributed by atoms with E-state index in [0.717, 1.165) is 0 Å². The van der Waals surface area contributed by atoms with Gasteiger partial charge in [0.25, 0.3) is 5.09 Å². The highest BCUT2D eigenvalue weighted by molar-refractivity contribution is 7.99. The van der Waals surface area contributed by atoms with Crippen molar-refractivity contribution in [3.05, 3.63) is 10.1 Å². The molecule has 17 heavy (non-hydrogen) atoms. The highest BCUT2D eigenvalue weighted by Gasteiger charge is 2.16. The van der Waals surface area contributed by atoms with E-state index in [1.165, 1.54) is 18.7 Å². The van der Waals surface area contributed by atoms with Gasteiger partial charge >= 0.3 is 5.97 Å². The highest BCUT2D eigenvalue weighted by atomic mass is 32.2. The molecular formula is C9H15NO6S. The summed E-state index contributed by atoms with van der Waals surface area (Å²) in [7, 11) is 0. The van der Waals surface area contributed by atoms with Crippen molar-refractivity contribution in [1.29, 1.82) is 0 Å². The number of nitrogens with zero attached hydrogens (tertiary/aromatic N) is 1. The first-order chi connectivity index (χ1) is 7.86. The standard InChI is InChI=1S/C9H15NO6S/c1-6(17-3)8(11)4-5-9(12)15-7(2)16-10(13)14/h6-7H,4-5H2,1-3H3. The maximum Gasteiger partial charge on any atom is 0.308 e. The number of rotatable bonds is 8. The Balaban J connectivity index is 3.87. The third-order valence-electron chi connectivity index (χ3n) is 1.91. The summed E-state index contributed by atoms with van der Waals surface area (Å²) >= 11 is 1.39. The zero-order valence-electron chi connectivity index (χ0n) is 9.87. The number of Topliss-reactive ketones (excluding diaryl/α,β-unsaturated/α-hetero) is 1. The van der Waals surface area contributed by atoms with Crippen molar-refractivity contribution in [2.75, 3.05) is 6.26 Å². The number of ketones is 1. The molecule has 0 rings (SSSR count). The van der Waals surface area contributed by atoms with Gasteiger partial charge in [0.1, 0.15) is 5.78 Å². The van der Waals surface area contributed by atoms with Crippen molar-refractivity contribution in [2.45, 2.75) is 38.2 Å². The monoisotopic (exact) mass is 265 g/mol. The van der Waals surface area contributed by atoms with Crippen LogP contribution < -0.4 is 0 Å². The van der Waals surface area contributed by atoms with Crippen molar-refractivity contribution in [3.63, 3.8) is 0 Å². The Bertz CT molecular complexity index is 295. The molecular weight excluding hydrogens is 250 g/mol. The summed E-state index contributed by atoms with van der Waals surface area (Å²) in [5.41, 5.74) is 0. The van der Waals surface area contributed by atoms with Gasteiger partial charge in [0.2, 0.25) is 6.29 Å². The van der Waals surface area contributed by atoms with Gasteiger partial charge in [-0.25, -0.2) is 0 Å². The van der Waals surface area contributed by atoms with Crippen LogP contribution in [0, 0.1) is 10.1 Å². The van der Waals surface area contributed by atoms with E-state index < -0.39 is 17.3 Å². The minimum absolute atomic E-state index is 0.0581. The maximum atomic E-state index is 11.4. The fraction of sp³-hybridized carbons (Fsp3) is 0.778. The second-order valence-corrected chi connectivity index (χ2v) is 4.41. The molecule has 0 aliphatic heterocycles. The first-order valence-electron chi connectivity index (χ1n) is 4.93. The van der Waals surface area contributed by atoms with E-state index in [4.69, 9.17) is 0 Å². The number of ether oxygens (including phenoxy) is 1. The molecule has 0 aromatic carbocycles. The number of hydrogen-bond donors (Lipinski definition) is 0. The van der Waals surface area contributed by atoms with Gasteiger partial charge in [0, 0.05) is 6.42 Å². The molecule has 0 amide bonds. The van der Waals surface area contributed by atoms with Gasteiger partial charge in [0.15, 0.2) is 0 Å². The van der Waals surface area contributed by atoms with Crippen LogP contribution in [0.3, 0.4) is 0 Å². The Morgan fingerprint density at radius 1 is 1.35 bits per heavy atom. The Kier molecular flexibility index (Phi) is 7.27. The van der Waals surface area contributed by atoms with Crippen molar-refractivity contribution in [1.82, 2.24) is 0 Å². The van der Waals surface area contributed by atoms with E-state index >= 15 is 0 Å². The molecule has 8 heteroatoms. The summed E-state index contributed by atoms with van der Waals surface area (Å²) in [6, 6.07) is 0. The summed E-state index contributed by atoms with van der Waals surface area (Å²) < 4.78 is 4.56. The molecule has 0 heterocycles. The van der Waals surface area contributed by atoms with Gasteiger partial charge in [-0.3, -0.25) is 14.4 Å². The van der Waals surface area contributed by atoms with Gasteiger partial charge < -0.3 is 4.74 Å². The Morgan fingerprint density at radius 3 is 2.41 bits per heavy atom. The topological polar surface area (TPSA) is 95.7 Å². The van der Waals surface area contributed by atoms with Crippen LogP contribution in [-0.4, -0.2) is 34.6 Å². The van der Waals surface area contributed by atoms with Gasteiger partial charge in [-0.2, -0.15) is 11.8 Å². The van der Waals surface area contributed by atoms with Crippen LogP contribution >= 0.6 is 11.8 Å². The lowest BCUT2D eigenvalue weighted by Crippen LogP contribution is -2.22. The van der Waals surface area contributed by atoms with E-state index in [0.29, 0.717) is 0 Å². The molecule has 98 valence electrons. The lowest BCUT2D eigenvalue weighted by molar-refractivity contribution is -0.777. The lowest BCUT2D eigenvalue weighted by Gasteiger charge is -2.11. The van der Waals surface area contributed by atoms with Crippen LogP contribution in [0.15, 0.2) is 0 Å². The highest BCUT2D eigenvalue weighted by Crippen LogP contribution is 2.10. The number of carbonyl (C=O) groups is 2. The first-order valence-corrected chi connectivity index (χ1v) is 6.21. The molecule has 0 aromatic heterocycles. The average Bonchev–Trinajstić information content (AvgIpc) is 2.23. The minimum Gasteiger partial charge on any atom is -0.435 e. The molecule has 0 fully saturated rings. The molecule has 2 unspecified atom stereocenters. The van der Waals surface area contributed by atoms with E-state index in [1.807, 2.05) is 0 Å². The second kappa shape index (κ2) is 7.88. The zero-order chi connectivity index (χ0) is 13.4. The second-order valence-electron chi connectivity index (χ2n) is 3.23. The Labute approximate surface area is 103 Å². The van der Waals surface area contributed by atoms with Gasteiger partial charge in [-0.15, -0.1) is 10.1 Å². The number of hydrogen-bond acceptors (Lipinski definition) is 7. The third kappa shape index (κ3) is 7.56. The van der Waals surface area contributed by atoms with Crippen molar-refractivity contribution >= 4 is 23.5 Å². The molecule has 0 bridgehead atoms. The Morgan fingerprint density at radius 2 is 1.94 bits per heavy atom. The van der Waals surface area contributed by atoms with Crippen LogP contribution in [-0.2, 0) is 19.2 Å². The smallest absolute Gasteiger partial charge is 0.308 e. The van der Waals surface area contributed by atoms with Crippen molar-refractivity contribution in [2.24, 2.45) is 0 Å². The van der Waals surface area contributed by atoms with E-state index in [9.17, 15) is 19.7 Å². The first kappa shape index (κ1) is 15.7. The number of carbonyl (C=O) groups excluding carboxylic acids is 2. The van der Waals surface area contributed by atoms with Crippen molar-refractivity contribution in [3.8, 4) is 0 Å². The molecule has 7 nitrogen and oxygen atoms in total. The number of thioether (sulfide) groups is 1. The molecule has 0 saturated heterocycles.